The summed E-state index contributed by atoms with van der Waals surface area (Å²) in [5, 5.41) is 14.5. The summed E-state index contributed by atoms with van der Waals surface area (Å²) in [4.78, 5) is 12.3. The molecule has 0 fully saturated rings. The van der Waals surface area contributed by atoms with E-state index in [0.29, 0.717) is 23.4 Å². The first kappa shape index (κ1) is 18.1. The summed E-state index contributed by atoms with van der Waals surface area (Å²) in [7, 11) is 1.61. The Bertz CT molecular complexity index is 1010. The van der Waals surface area contributed by atoms with E-state index in [1.54, 1.807) is 13.2 Å². The van der Waals surface area contributed by atoms with Crippen molar-refractivity contribution in [2.24, 2.45) is 0 Å². The first-order chi connectivity index (χ1) is 12.2. The highest BCUT2D eigenvalue weighted by Gasteiger charge is 2.22. The normalized spacial score (nSPS) is 12.5. The number of methoxy groups -OCH3 is 1. The van der Waals surface area contributed by atoms with Crippen LogP contribution >= 0.6 is 12.4 Å². The Hall–Kier alpha value is -2.66. The number of phenols is 1. The van der Waals surface area contributed by atoms with E-state index in [2.05, 4.69) is 5.32 Å². The number of fused-ring (bicyclic) bond motifs is 3. The number of aromatic hydroxyl groups is 1. The molecule has 0 radical (unpaired) electrons. The summed E-state index contributed by atoms with van der Waals surface area (Å²) in [6.45, 7) is 0.325. The zero-order chi connectivity index (χ0) is 17.4. The van der Waals surface area contributed by atoms with Gasteiger partial charge in [0.1, 0.15) is 17.1 Å². The molecule has 1 aliphatic carbocycles. The first-order valence-corrected chi connectivity index (χ1v) is 8.35. The Labute approximate surface area is 157 Å². The van der Waals surface area contributed by atoms with E-state index >= 15 is 0 Å². The van der Waals surface area contributed by atoms with Crippen molar-refractivity contribution >= 4 is 29.1 Å². The lowest BCUT2D eigenvalue weighted by atomic mass is 10.0. The molecule has 26 heavy (non-hydrogen) atoms. The van der Waals surface area contributed by atoms with E-state index in [4.69, 9.17) is 9.15 Å². The van der Waals surface area contributed by atoms with E-state index in [-0.39, 0.29) is 23.8 Å². The van der Waals surface area contributed by atoms with Gasteiger partial charge in [-0.2, -0.15) is 0 Å². The van der Waals surface area contributed by atoms with Crippen LogP contribution in [0.5, 0.6) is 11.5 Å². The monoisotopic (exact) mass is 373 g/mol. The lowest BCUT2D eigenvalue weighted by Gasteiger charge is -2.14. The number of hydrogen-bond donors (Lipinski definition) is 2. The number of para-hydroxylation sites is 2. The highest BCUT2D eigenvalue weighted by atomic mass is 35.5. The van der Waals surface area contributed by atoms with Gasteiger partial charge in [0.15, 0.2) is 0 Å². The molecule has 1 aliphatic rings. The molecule has 0 bridgehead atoms. The molecule has 2 aromatic carbocycles. The van der Waals surface area contributed by atoms with Gasteiger partial charge in [-0.05, 0) is 49.1 Å². The van der Waals surface area contributed by atoms with Crippen LogP contribution in [0.4, 0.5) is 5.69 Å². The van der Waals surface area contributed by atoms with Crippen LogP contribution < -0.4 is 15.7 Å². The minimum atomic E-state index is -0.288. The quantitative estimate of drug-likeness (QED) is 0.675. The second kappa shape index (κ2) is 7.30. The third-order valence-electron chi connectivity index (χ3n) is 4.78. The van der Waals surface area contributed by atoms with Gasteiger partial charge in [-0.25, -0.2) is 4.79 Å². The van der Waals surface area contributed by atoms with E-state index in [1.165, 1.54) is 0 Å². The van der Waals surface area contributed by atoms with Gasteiger partial charge in [-0.3, -0.25) is 0 Å². The highest BCUT2D eigenvalue weighted by molar-refractivity contribution is 5.86. The SMILES string of the molecule is COc1ccccc1NCc1c(O)ccc2c3c(c(=O)oc12)CCC3.Cl. The van der Waals surface area contributed by atoms with Gasteiger partial charge >= 0.3 is 5.63 Å². The summed E-state index contributed by atoms with van der Waals surface area (Å²) in [5.41, 5.74) is 3.41. The zero-order valence-electron chi connectivity index (χ0n) is 14.4. The third-order valence-corrected chi connectivity index (χ3v) is 4.78. The molecule has 1 heterocycles. The molecule has 5 nitrogen and oxygen atoms in total. The number of halogens is 1. The Morgan fingerprint density at radius 3 is 2.73 bits per heavy atom. The molecular formula is C20H20ClNO4. The predicted molar refractivity (Wildman–Crippen MR) is 104 cm³/mol. The minimum Gasteiger partial charge on any atom is -0.507 e. The lowest BCUT2D eigenvalue weighted by molar-refractivity contribution is 0.416. The number of phenolic OH excluding ortho intramolecular Hbond substituents is 1. The first-order valence-electron chi connectivity index (χ1n) is 8.35. The van der Waals surface area contributed by atoms with Crippen LogP contribution in [0.2, 0.25) is 0 Å². The smallest absolute Gasteiger partial charge is 0.339 e. The predicted octanol–water partition coefficient (Wildman–Crippen LogP) is 4.03. The summed E-state index contributed by atoms with van der Waals surface area (Å²) in [5.74, 6) is 0.820. The zero-order valence-corrected chi connectivity index (χ0v) is 15.2. The van der Waals surface area contributed by atoms with Gasteiger partial charge in [0, 0.05) is 17.5 Å². The van der Waals surface area contributed by atoms with Crippen LogP contribution in [0.1, 0.15) is 23.1 Å². The number of ether oxygens (including phenoxy) is 1. The molecule has 4 rings (SSSR count). The molecule has 0 saturated heterocycles. The summed E-state index contributed by atoms with van der Waals surface area (Å²) >= 11 is 0. The van der Waals surface area contributed by atoms with Gasteiger partial charge in [-0.1, -0.05) is 12.1 Å². The molecular weight excluding hydrogens is 354 g/mol. The van der Waals surface area contributed by atoms with E-state index in [1.807, 2.05) is 30.3 Å². The standard InChI is InChI=1S/C20H19NO4.ClH/c1-24-18-8-3-2-7-16(18)21-11-15-17(22)10-9-13-12-5-4-6-14(12)20(23)25-19(13)15;/h2-3,7-10,21-22H,4-6,11H2,1H3;1H. The molecule has 0 unspecified atom stereocenters. The number of aryl methyl sites for hydroxylation is 1. The average molecular weight is 374 g/mol. The second-order valence-corrected chi connectivity index (χ2v) is 6.19. The van der Waals surface area contributed by atoms with Crippen molar-refractivity contribution in [3.63, 3.8) is 0 Å². The summed E-state index contributed by atoms with van der Waals surface area (Å²) < 4.78 is 10.9. The van der Waals surface area contributed by atoms with Gasteiger partial charge in [0.25, 0.3) is 0 Å². The van der Waals surface area contributed by atoms with Gasteiger partial charge in [-0.15, -0.1) is 12.4 Å². The molecule has 1 aromatic heterocycles. The largest absolute Gasteiger partial charge is 0.507 e. The molecule has 0 amide bonds. The third kappa shape index (κ3) is 2.99. The second-order valence-electron chi connectivity index (χ2n) is 6.19. The van der Waals surface area contributed by atoms with Crippen molar-refractivity contribution in [3.8, 4) is 11.5 Å². The van der Waals surface area contributed by atoms with Crippen LogP contribution in [0.3, 0.4) is 0 Å². The Morgan fingerprint density at radius 1 is 1.15 bits per heavy atom. The van der Waals surface area contributed by atoms with Crippen LogP contribution in [-0.4, -0.2) is 12.2 Å². The maximum atomic E-state index is 12.3. The van der Waals surface area contributed by atoms with Crippen LogP contribution in [0, 0.1) is 0 Å². The van der Waals surface area contributed by atoms with Crippen LogP contribution in [0.15, 0.2) is 45.6 Å². The van der Waals surface area contributed by atoms with Crippen LogP contribution in [0.25, 0.3) is 11.0 Å². The van der Waals surface area contributed by atoms with Crippen molar-refractivity contribution in [1.29, 1.82) is 0 Å². The topological polar surface area (TPSA) is 71.7 Å². The molecule has 6 heteroatoms. The Balaban J connectivity index is 0.00000196. The number of hydrogen-bond acceptors (Lipinski definition) is 5. The number of nitrogens with one attached hydrogen (secondary N) is 1. The lowest BCUT2D eigenvalue weighted by Crippen LogP contribution is -2.09. The number of anilines is 1. The molecule has 0 saturated carbocycles. The average Bonchev–Trinajstić information content (AvgIpc) is 3.12. The molecule has 136 valence electrons. The van der Waals surface area contributed by atoms with Crippen molar-refractivity contribution in [1.82, 2.24) is 0 Å². The fourth-order valence-corrected chi connectivity index (χ4v) is 3.54. The maximum absolute atomic E-state index is 12.3. The number of rotatable bonds is 4. The molecule has 0 aliphatic heterocycles. The summed E-state index contributed by atoms with van der Waals surface area (Å²) in [6, 6.07) is 11.1. The van der Waals surface area contributed by atoms with Crippen LogP contribution in [-0.2, 0) is 19.4 Å². The molecule has 3 aromatic rings. The van der Waals surface area contributed by atoms with Crippen molar-refractivity contribution in [3.05, 3.63) is 63.5 Å². The van der Waals surface area contributed by atoms with E-state index in [9.17, 15) is 9.90 Å². The highest BCUT2D eigenvalue weighted by Crippen LogP contribution is 2.34. The molecule has 0 atom stereocenters. The fourth-order valence-electron chi connectivity index (χ4n) is 3.54. The Morgan fingerprint density at radius 2 is 1.92 bits per heavy atom. The van der Waals surface area contributed by atoms with Crippen molar-refractivity contribution in [2.45, 2.75) is 25.8 Å². The Kier molecular flexibility index (Phi) is 5.09. The summed E-state index contributed by atoms with van der Waals surface area (Å²) in [6.07, 6.45) is 2.61. The fraction of sp³-hybridized carbons (Fsp3) is 0.250. The van der Waals surface area contributed by atoms with Gasteiger partial charge in [0.05, 0.1) is 18.4 Å². The molecule has 2 N–H and O–H groups in total. The van der Waals surface area contributed by atoms with Gasteiger partial charge in [0.2, 0.25) is 0 Å². The number of benzene rings is 2. The minimum absolute atomic E-state index is 0. The molecule has 0 spiro atoms. The maximum Gasteiger partial charge on any atom is 0.339 e. The van der Waals surface area contributed by atoms with E-state index < -0.39 is 0 Å². The van der Waals surface area contributed by atoms with Gasteiger partial charge < -0.3 is 19.6 Å². The van der Waals surface area contributed by atoms with Crippen molar-refractivity contribution < 1.29 is 14.3 Å². The van der Waals surface area contributed by atoms with Crippen molar-refractivity contribution in [2.75, 3.05) is 12.4 Å². The van der Waals surface area contributed by atoms with E-state index in [0.717, 1.165) is 41.5 Å².